The standard InChI is InChI=1S/C25H27N5O5/c1-6-34-18-9-7-17(8-10-18)26-24(31)23-15(2)30(29-28-23)14-21-16(3)35-25(27-21)20-12-11-19(32-4)13-22(20)33-5/h7-13H,6,14H2,1-5H3,(H,26,31). The van der Waals surface area contributed by atoms with Crippen molar-refractivity contribution >= 4 is 11.6 Å². The average Bonchev–Trinajstić information content (AvgIpc) is 3.42. The second-order valence-corrected chi connectivity index (χ2v) is 7.68. The van der Waals surface area contributed by atoms with Crippen LogP contribution < -0.4 is 19.5 Å². The van der Waals surface area contributed by atoms with Gasteiger partial charge in [0, 0.05) is 11.8 Å². The molecule has 4 rings (SSSR count). The van der Waals surface area contributed by atoms with Gasteiger partial charge in [-0.15, -0.1) is 5.10 Å². The highest BCUT2D eigenvalue weighted by atomic mass is 16.5. The van der Waals surface area contributed by atoms with Crippen LogP contribution in [0.2, 0.25) is 0 Å². The summed E-state index contributed by atoms with van der Waals surface area (Å²) in [4.78, 5) is 17.4. The summed E-state index contributed by atoms with van der Waals surface area (Å²) in [5, 5.41) is 11.1. The summed E-state index contributed by atoms with van der Waals surface area (Å²) in [6.07, 6.45) is 0. The minimum absolute atomic E-state index is 0.233. The Labute approximate surface area is 202 Å². The number of oxazole rings is 1. The van der Waals surface area contributed by atoms with E-state index < -0.39 is 0 Å². The van der Waals surface area contributed by atoms with E-state index in [1.165, 1.54) is 0 Å². The van der Waals surface area contributed by atoms with E-state index in [0.29, 0.717) is 58.9 Å². The van der Waals surface area contributed by atoms with E-state index in [-0.39, 0.29) is 11.6 Å². The van der Waals surface area contributed by atoms with Crippen LogP contribution in [0.4, 0.5) is 5.69 Å². The van der Waals surface area contributed by atoms with Crippen molar-refractivity contribution in [3.05, 3.63) is 65.3 Å². The Balaban J connectivity index is 1.51. The summed E-state index contributed by atoms with van der Waals surface area (Å²) in [5.41, 5.74) is 2.85. The highest BCUT2D eigenvalue weighted by Gasteiger charge is 2.20. The lowest BCUT2D eigenvalue weighted by Gasteiger charge is -2.07. The van der Waals surface area contributed by atoms with Gasteiger partial charge in [0.15, 0.2) is 5.69 Å². The number of rotatable bonds is 9. The molecule has 0 aliphatic heterocycles. The molecule has 2 heterocycles. The number of ether oxygens (including phenoxy) is 3. The molecular weight excluding hydrogens is 450 g/mol. The Morgan fingerprint density at radius 1 is 1.06 bits per heavy atom. The molecule has 10 heteroatoms. The van der Waals surface area contributed by atoms with Gasteiger partial charge in [0.05, 0.1) is 38.6 Å². The smallest absolute Gasteiger partial charge is 0.278 e. The number of benzene rings is 2. The predicted molar refractivity (Wildman–Crippen MR) is 129 cm³/mol. The number of aryl methyl sites for hydroxylation is 1. The summed E-state index contributed by atoms with van der Waals surface area (Å²) in [6.45, 7) is 6.40. The molecule has 0 fully saturated rings. The molecular formula is C25H27N5O5. The third kappa shape index (κ3) is 5.11. The van der Waals surface area contributed by atoms with Gasteiger partial charge < -0.3 is 23.9 Å². The molecule has 1 amide bonds. The Morgan fingerprint density at radius 3 is 2.49 bits per heavy atom. The molecule has 0 saturated heterocycles. The van der Waals surface area contributed by atoms with E-state index in [0.717, 1.165) is 5.75 Å². The van der Waals surface area contributed by atoms with Crippen molar-refractivity contribution < 1.29 is 23.4 Å². The highest BCUT2D eigenvalue weighted by Crippen LogP contribution is 2.33. The molecule has 35 heavy (non-hydrogen) atoms. The fourth-order valence-corrected chi connectivity index (χ4v) is 3.52. The number of aromatic nitrogens is 4. The SMILES string of the molecule is CCOc1ccc(NC(=O)c2nnn(Cc3nc(-c4ccc(OC)cc4OC)oc3C)c2C)cc1. The van der Waals surface area contributed by atoms with Crippen LogP contribution >= 0.6 is 0 Å². The topological polar surface area (TPSA) is 114 Å². The molecule has 4 aromatic rings. The molecule has 0 bridgehead atoms. The third-order valence-corrected chi connectivity index (χ3v) is 5.45. The number of hydrogen-bond donors (Lipinski definition) is 1. The fraction of sp³-hybridized carbons (Fsp3) is 0.280. The zero-order valence-corrected chi connectivity index (χ0v) is 20.3. The maximum absolute atomic E-state index is 12.8. The molecule has 10 nitrogen and oxygen atoms in total. The van der Waals surface area contributed by atoms with E-state index in [9.17, 15) is 4.79 Å². The van der Waals surface area contributed by atoms with E-state index in [1.54, 1.807) is 56.2 Å². The summed E-state index contributed by atoms with van der Waals surface area (Å²) < 4.78 is 23.7. The van der Waals surface area contributed by atoms with Gasteiger partial charge in [-0.25, -0.2) is 9.67 Å². The van der Waals surface area contributed by atoms with Crippen LogP contribution in [0.3, 0.4) is 0 Å². The van der Waals surface area contributed by atoms with E-state index in [4.69, 9.17) is 18.6 Å². The molecule has 182 valence electrons. The predicted octanol–water partition coefficient (Wildman–Crippen LogP) is 4.27. The highest BCUT2D eigenvalue weighted by molar-refractivity contribution is 6.03. The fourth-order valence-electron chi connectivity index (χ4n) is 3.52. The van der Waals surface area contributed by atoms with Gasteiger partial charge in [-0.05, 0) is 57.2 Å². The van der Waals surface area contributed by atoms with Gasteiger partial charge in [-0.3, -0.25) is 4.79 Å². The van der Waals surface area contributed by atoms with Crippen molar-refractivity contribution in [2.45, 2.75) is 27.3 Å². The van der Waals surface area contributed by atoms with E-state index in [2.05, 4.69) is 20.6 Å². The van der Waals surface area contributed by atoms with Crippen LogP contribution in [0.5, 0.6) is 17.2 Å². The monoisotopic (exact) mass is 477 g/mol. The van der Waals surface area contributed by atoms with E-state index in [1.807, 2.05) is 26.0 Å². The summed E-state index contributed by atoms with van der Waals surface area (Å²) in [5.74, 6) is 2.70. The molecule has 0 radical (unpaired) electrons. The number of methoxy groups -OCH3 is 2. The molecule has 2 aromatic heterocycles. The lowest BCUT2D eigenvalue weighted by atomic mass is 10.2. The van der Waals surface area contributed by atoms with Crippen LogP contribution in [-0.2, 0) is 6.54 Å². The molecule has 0 atom stereocenters. The molecule has 2 aromatic carbocycles. The first kappa shape index (κ1) is 23.8. The van der Waals surface area contributed by atoms with Gasteiger partial charge in [-0.2, -0.15) is 0 Å². The maximum Gasteiger partial charge on any atom is 0.278 e. The van der Waals surface area contributed by atoms with Gasteiger partial charge in [-0.1, -0.05) is 5.21 Å². The molecule has 0 aliphatic rings. The summed E-state index contributed by atoms with van der Waals surface area (Å²) in [6, 6.07) is 12.6. The second-order valence-electron chi connectivity index (χ2n) is 7.68. The van der Waals surface area contributed by atoms with Crippen LogP contribution in [0.15, 0.2) is 46.9 Å². The van der Waals surface area contributed by atoms with Crippen LogP contribution in [0, 0.1) is 13.8 Å². The third-order valence-electron chi connectivity index (χ3n) is 5.45. The van der Waals surface area contributed by atoms with Crippen LogP contribution in [-0.4, -0.2) is 46.7 Å². The van der Waals surface area contributed by atoms with Gasteiger partial charge in [0.1, 0.15) is 28.7 Å². The molecule has 0 saturated carbocycles. The number of amides is 1. The second kappa shape index (κ2) is 10.3. The largest absolute Gasteiger partial charge is 0.497 e. The Bertz CT molecular complexity index is 1330. The maximum atomic E-state index is 12.8. The molecule has 0 spiro atoms. The summed E-state index contributed by atoms with van der Waals surface area (Å²) in [7, 11) is 3.17. The van der Waals surface area contributed by atoms with Crippen LogP contribution in [0.25, 0.3) is 11.5 Å². The van der Waals surface area contributed by atoms with Crippen molar-refractivity contribution in [1.29, 1.82) is 0 Å². The Morgan fingerprint density at radius 2 is 1.80 bits per heavy atom. The molecule has 0 aliphatic carbocycles. The van der Waals surface area contributed by atoms with E-state index >= 15 is 0 Å². The van der Waals surface area contributed by atoms with Crippen LogP contribution in [0.1, 0.15) is 34.6 Å². The zero-order valence-electron chi connectivity index (χ0n) is 20.3. The lowest BCUT2D eigenvalue weighted by molar-refractivity contribution is 0.102. The lowest BCUT2D eigenvalue weighted by Crippen LogP contribution is -2.14. The van der Waals surface area contributed by atoms with Crippen molar-refractivity contribution in [1.82, 2.24) is 20.0 Å². The van der Waals surface area contributed by atoms with Gasteiger partial charge >= 0.3 is 0 Å². The summed E-state index contributed by atoms with van der Waals surface area (Å²) >= 11 is 0. The quantitative estimate of drug-likeness (QED) is 0.380. The number of hydrogen-bond acceptors (Lipinski definition) is 8. The normalized spacial score (nSPS) is 10.8. The van der Waals surface area contributed by atoms with Gasteiger partial charge in [0.2, 0.25) is 5.89 Å². The minimum atomic E-state index is -0.349. The molecule has 1 N–H and O–H groups in total. The van der Waals surface area contributed by atoms with Crippen molar-refractivity contribution in [3.8, 4) is 28.7 Å². The minimum Gasteiger partial charge on any atom is -0.497 e. The van der Waals surface area contributed by atoms with Crippen molar-refractivity contribution in [3.63, 3.8) is 0 Å². The first-order valence-electron chi connectivity index (χ1n) is 11.1. The van der Waals surface area contributed by atoms with Gasteiger partial charge in [0.25, 0.3) is 5.91 Å². The number of carbonyl (C=O) groups is 1. The molecule has 0 unspecified atom stereocenters. The number of carbonyl (C=O) groups excluding carboxylic acids is 1. The first-order valence-corrected chi connectivity index (χ1v) is 11.1. The van der Waals surface area contributed by atoms with Crippen molar-refractivity contribution in [2.24, 2.45) is 0 Å². The first-order chi connectivity index (χ1) is 16.9. The Kier molecular flexibility index (Phi) is 7.00. The number of nitrogens with zero attached hydrogens (tertiary/aromatic N) is 4. The zero-order chi connectivity index (χ0) is 24.9. The van der Waals surface area contributed by atoms with Crippen molar-refractivity contribution in [2.75, 3.05) is 26.1 Å². The average molecular weight is 478 g/mol. The number of nitrogens with one attached hydrogen (secondary N) is 1. The number of anilines is 1. The Hall–Kier alpha value is -4.34.